The predicted molar refractivity (Wildman–Crippen MR) is 119 cm³/mol. The Hall–Kier alpha value is -2.37. The van der Waals surface area contributed by atoms with E-state index in [1.165, 1.54) is 12.5 Å². The van der Waals surface area contributed by atoms with Crippen LogP contribution < -0.4 is 15.8 Å². The lowest BCUT2D eigenvalue weighted by molar-refractivity contribution is -0.121. The van der Waals surface area contributed by atoms with Gasteiger partial charge in [-0.25, -0.2) is 0 Å². The summed E-state index contributed by atoms with van der Waals surface area (Å²) in [5.74, 6) is 1.08. The minimum atomic E-state index is -0.226. The maximum Gasteiger partial charge on any atom is 0.220 e. The third kappa shape index (κ3) is 8.26. The number of carbonyl (C=O) groups excluding carboxylic acids is 2. The number of rotatable bonds is 10. The SMILES string of the molecule is CC(=O)c1cccc(OCCCC(=O)NCC(N)c2ccc(C(C)C)cc2)c1.Cl. The third-order valence-corrected chi connectivity index (χ3v) is 4.61. The maximum atomic E-state index is 12.0. The third-order valence-electron chi connectivity index (χ3n) is 4.61. The van der Waals surface area contributed by atoms with Gasteiger partial charge in [0.25, 0.3) is 0 Å². The lowest BCUT2D eigenvalue weighted by Gasteiger charge is -2.15. The van der Waals surface area contributed by atoms with E-state index in [1.807, 2.05) is 12.1 Å². The molecule has 0 bridgehead atoms. The molecule has 2 aromatic carbocycles. The van der Waals surface area contributed by atoms with Crippen molar-refractivity contribution >= 4 is 24.1 Å². The Kier molecular flexibility index (Phi) is 10.4. The fourth-order valence-corrected chi connectivity index (χ4v) is 2.79. The number of Topliss-reactive ketones (excluding diaryl/α,β-unsaturated/α-hetero) is 1. The Labute approximate surface area is 179 Å². The van der Waals surface area contributed by atoms with E-state index in [2.05, 4.69) is 31.3 Å². The summed E-state index contributed by atoms with van der Waals surface area (Å²) in [7, 11) is 0. The van der Waals surface area contributed by atoms with Crippen LogP contribution in [0.2, 0.25) is 0 Å². The van der Waals surface area contributed by atoms with E-state index in [1.54, 1.807) is 24.3 Å². The van der Waals surface area contributed by atoms with Gasteiger partial charge in [0.05, 0.1) is 6.61 Å². The smallest absolute Gasteiger partial charge is 0.220 e. The fourth-order valence-electron chi connectivity index (χ4n) is 2.79. The van der Waals surface area contributed by atoms with Crippen molar-refractivity contribution in [2.75, 3.05) is 13.2 Å². The van der Waals surface area contributed by atoms with Gasteiger partial charge in [-0.15, -0.1) is 12.4 Å². The van der Waals surface area contributed by atoms with Crippen LogP contribution >= 0.6 is 12.4 Å². The first-order valence-electron chi connectivity index (χ1n) is 9.72. The highest BCUT2D eigenvalue weighted by atomic mass is 35.5. The van der Waals surface area contributed by atoms with Crippen LogP contribution in [0.1, 0.15) is 67.1 Å². The van der Waals surface area contributed by atoms with Crippen molar-refractivity contribution in [3.8, 4) is 5.75 Å². The first-order valence-corrected chi connectivity index (χ1v) is 9.72. The van der Waals surface area contributed by atoms with Gasteiger partial charge in [0, 0.05) is 24.6 Å². The second-order valence-electron chi connectivity index (χ2n) is 7.27. The molecule has 0 fully saturated rings. The van der Waals surface area contributed by atoms with E-state index in [0.29, 0.717) is 43.2 Å². The van der Waals surface area contributed by atoms with Crippen molar-refractivity contribution in [3.63, 3.8) is 0 Å². The largest absolute Gasteiger partial charge is 0.494 e. The Morgan fingerprint density at radius 1 is 1.07 bits per heavy atom. The molecule has 158 valence electrons. The van der Waals surface area contributed by atoms with Gasteiger partial charge in [0.1, 0.15) is 5.75 Å². The Bertz CT molecular complexity index is 791. The Balaban J connectivity index is 0.00000420. The molecule has 1 atom stereocenters. The van der Waals surface area contributed by atoms with Gasteiger partial charge in [-0.1, -0.05) is 50.2 Å². The molecule has 1 amide bonds. The Morgan fingerprint density at radius 2 is 1.72 bits per heavy atom. The molecule has 0 spiro atoms. The van der Waals surface area contributed by atoms with Gasteiger partial charge in [-0.3, -0.25) is 9.59 Å². The fraction of sp³-hybridized carbons (Fsp3) is 0.391. The molecule has 0 aromatic heterocycles. The van der Waals surface area contributed by atoms with Crippen LogP contribution in [0.5, 0.6) is 5.75 Å². The number of benzene rings is 2. The molecule has 0 saturated heterocycles. The normalized spacial score (nSPS) is 11.5. The zero-order valence-corrected chi connectivity index (χ0v) is 18.1. The van der Waals surface area contributed by atoms with Crippen LogP contribution in [-0.2, 0) is 4.79 Å². The number of nitrogens with two attached hydrogens (primary N) is 1. The highest BCUT2D eigenvalue weighted by molar-refractivity contribution is 5.94. The van der Waals surface area contributed by atoms with E-state index in [0.717, 1.165) is 5.56 Å². The average molecular weight is 419 g/mol. The van der Waals surface area contributed by atoms with Crippen molar-refractivity contribution in [1.29, 1.82) is 0 Å². The molecular weight excluding hydrogens is 388 g/mol. The molecule has 3 N–H and O–H groups in total. The molecule has 0 radical (unpaired) electrons. The summed E-state index contributed by atoms with van der Waals surface area (Å²) < 4.78 is 5.62. The summed E-state index contributed by atoms with van der Waals surface area (Å²) >= 11 is 0. The molecule has 29 heavy (non-hydrogen) atoms. The number of ketones is 1. The summed E-state index contributed by atoms with van der Waals surface area (Å²) in [6.07, 6.45) is 0.958. The van der Waals surface area contributed by atoms with E-state index < -0.39 is 0 Å². The second kappa shape index (κ2) is 12.2. The van der Waals surface area contributed by atoms with Crippen LogP contribution in [0.25, 0.3) is 0 Å². The minimum Gasteiger partial charge on any atom is -0.494 e. The molecule has 1 unspecified atom stereocenters. The quantitative estimate of drug-likeness (QED) is 0.442. The van der Waals surface area contributed by atoms with Gasteiger partial charge in [0.2, 0.25) is 5.91 Å². The maximum absolute atomic E-state index is 12.0. The van der Waals surface area contributed by atoms with Gasteiger partial charge in [-0.2, -0.15) is 0 Å². The van der Waals surface area contributed by atoms with E-state index in [4.69, 9.17) is 10.5 Å². The molecule has 0 aliphatic rings. The summed E-state index contributed by atoms with van der Waals surface area (Å²) in [4.78, 5) is 23.4. The molecule has 6 heteroatoms. The summed E-state index contributed by atoms with van der Waals surface area (Å²) in [6, 6.07) is 15.0. The minimum absolute atomic E-state index is 0. The number of amides is 1. The van der Waals surface area contributed by atoms with Crippen LogP contribution in [0.3, 0.4) is 0 Å². The van der Waals surface area contributed by atoms with Crippen LogP contribution in [0.15, 0.2) is 48.5 Å². The first kappa shape index (κ1) is 24.7. The molecule has 2 aromatic rings. The van der Waals surface area contributed by atoms with E-state index in [-0.39, 0.29) is 30.1 Å². The highest BCUT2D eigenvalue weighted by Gasteiger charge is 2.09. The molecular formula is C23H31ClN2O3. The van der Waals surface area contributed by atoms with Crippen molar-refractivity contribution < 1.29 is 14.3 Å². The lowest BCUT2D eigenvalue weighted by Crippen LogP contribution is -2.31. The standard InChI is InChI=1S/C23H30N2O3.ClH/c1-16(2)18-9-11-19(12-10-18)22(24)15-25-23(27)8-5-13-28-21-7-4-6-20(14-21)17(3)26;/h4,6-7,9-12,14,16,22H,5,8,13,15,24H2,1-3H3,(H,25,27);1H. The molecule has 0 aliphatic carbocycles. The second-order valence-corrected chi connectivity index (χ2v) is 7.27. The molecule has 5 nitrogen and oxygen atoms in total. The molecule has 0 saturated carbocycles. The van der Waals surface area contributed by atoms with Crippen molar-refractivity contribution in [1.82, 2.24) is 5.32 Å². The van der Waals surface area contributed by atoms with Crippen LogP contribution in [0, 0.1) is 0 Å². The topological polar surface area (TPSA) is 81.4 Å². The molecule has 2 rings (SSSR count). The summed E-state index contributed by atoms with van der Waals surface area (Å²) in [6.45, 7) is 6.64. The van der Waals surface area contributed by atoms with Crippen molar-refractivity contribution in [2.24, 2.45) is 5.73 Å². The average Bonchev–Trinajstić information content (AvgIpc) is 2.69. The number of halogens is 1. The lowest BCUT2D eigenvalue weighted by atomic mass is 9.99. The van der Waals surface area contributed by atoms with E-state index in [9.17, 15) is 9.59 Å². The van der Waals surface area contributed by atoms with Gasteiger partial charge < -0.3 is 15.8 Å². The summed E-state index contributed by atoms with van der Waals surface area (Å²) in [5, 5.41) is 2.88. The Morgan fingerprint density at radius 3 is 2.34 bits per heavy atom. The number of nitrogens with one attached hydrogen (secondary N) is 1. The predicted octanol–water partition coefficient (Wildman–Crippen LogP) is 4.41. The van der Waals surface area contributed by atoms with Crippen LogP contribution in [0.4, 0.5) is 0 Å². The van der Waals surface area contributed by atoms with Gasteiger partial charge >= 0.3 is 0 Å². The van der Waals surface area contributed by atoms with Crippen molar-refractivity contribution in [2.45, 2.75) is 45.6 Å². The zero-order chi connectivity index (χ0) is 20.5. The van der Waals surface area contributed by atoms with E-state index >= 15 is 0 Å². The number of carbonyl (C=O) groups is 2. The molecule has 0 heterocycles. The number of hydrogen-bond acceptors (Lipinski definition) is 4. The first-order chi connectivity index (χ1) is 13.4. The van der Waals surface area contributed by atoms with Gasteiger partial charge in [-0.05, 0) is 42.5 Å². The monoisotopic (exact) mass is 418 g/mol. The molecule has 0 aliphatic heterocycles. The highest BCUT2D eigenvalue weighted by Crippen LogP contribution is 2.17. The number of hydrogen-bond donors (Lipinski definition) is 2. The zero-order valence-electron chi connectivity index (χ0n) is 17.3. The van der Waals surface area contributed by atoms with Gasteiger partial charge in [0.15, 0.2) is 5.78 Å². The number of ether oxygens (including phenoxy) is 1. The van der Waals surface area contributed by atoms with Crippen molar-refractivity contribution in [3.05, 3.63) is 65.2 Å². The van der Waals surface area contributed by atoms with Crippen LogP contribution in [-0.4, -0.2) is 24.8 Å². The summed E-state index contributed by atoms with van der Waals surface area (Å²) in [5.41, 5.74) is 9.07.